The van der Waals surface area contributed by atoms with Gasteiger partial charge in [0.05, 0.1) is 27.4 Å². The molecule has 2 aromatic carbocycles. The predicted molar refractivity (Wildman–Crippen MR) is 96.5 cm³/mol. The molecule has 0 saturated heterocycles. The molecule has 24 heavy (non-hydrogen) atoms. The van der Waals surface area contributed by atoms with Crippen LogP contribution in [0.4, 0.5) is 0 Å². The van der Waals surface area contributed by atoms with Crippen molar-refractivity contribution in [2.75, 3.05) is 27.9 Å². The minimum atomic E-state index is -0.553. The summed E-state index contributed by atoms with van der Waals surface area (Å²) in [4.78, 5) is 0. The van der Waals surface area contributed by atoms with Gasteiger partial charge in [0.25, 0.3) is 0 Å². The highest BCUT2D eigenvalue weighted by atomic mass is 35.5. The fraction of sp³-hybridized carbons (Fsp3) is 0.333. The van der Waals surface area contributed by atoms with Crippen LogP contribution < -0.4 is 19.5 Å². The molecule has 1 unspecified atom stereocenters. The maximum absolute atomic E-state index is 10.2. The van der Waals surface area contributed by atoms with Gasteiger partial charge in [-0.25, -0.2) is 0 Å². The number of aliphatic hydroxyl groups is 1. The van der Waals surface area contributed by atoms with E-state index in [1.165, 1.54) is 0 Å². The van der Waals surface area contributed by atoms with Crippen LogP contribution in [0.3, 0.4) is 0 Å². The van der Waals surface area contributed by atoms with Gasteiger partial charge >= 0.3 is 0 Å². The van der Waals surface area contributed by atoms with Gasteiger partial charge in [0, 0.05) is 18.7 Å². The standard InChI is InChI=1S/C18H23NO4.ClH/c1-21-16-10-9-14(17(22-2)18(16)23-3)11-19-12-15(20)13-7-5-4-6-8-13;/h4-10,15,19-20H,11-12H2,1-3H3;1H. The van der Waals surface area contributed by atoms with Crippen LogP contribution in [-0.4, -0.2) is 33.0 Å². The second kappa shape index (κ2) is 10.0. The van der Waals surface area contributed by atoms with Gasteiger partial charge in [-0.3, -0.25) is 0 Å². The van der Waals surface area contributed by atoms with Gasteiger partial charge < -0.3 is 24.6 Å². The van der Waals surface area contributed by atoms with E-state index >= 15 is 0 Å². The molecule has 2 rings (SSSR count). The van der Waals surface area contributed by atoms with Gasteiger partial charge in [-0.05, 0) is 11.6 Å². The predicted octanol–water partition coefficient (Wildman–Crippen LogP) is 2.96. The molecule has 0 amide bonds. The largest absolute Gasteiger partial charge is 0.493 e. The minimum absolute atomic E-state index is 0. The molecule has 6 heteroatoms. The Hall–Kier alpha value is -1.95. The molecule has 0 fully saturated rings. The SMILES string of the molecule is COc1ccc(CNCC(O)c2ccccc2)c(OC)c1OC.Cl. The number of hydrogen-bond donors (Lipinski definition) is 2. The Balaban J connectivity index is 0.00000288. The van der Waals surface area contributed by atoms with Crippen molar-refractivity contribution in [1.29, 1.82) is 0 Å². The molecule has 132 valence electrons. The van der Waals surface area contributed by atoms with Crippen molar-refractivity contribution in [3.05, 3.63) is 53.6 Å². The van der Waals surface area contributed by atoms with Crippen LogP contribution in [0.25, 0.3) is 0 Å². The van der Waals surface area contributed by atoms with Gasteiger partial charge in [0.2, 0.25) is 5.75 Å². The van der Waals surface area contributed by atoms with Crippen LogP contribution in [0.5, 0.6) is 17.2 Å². The molecule has 1 atom stereocenters. The van der Waals surface area contributed by atoms with Crippen molar-refractivity contribution in [2.45, 2.75) is 12.6 Å². The van der Waals surface area contributed by atoms with Crippen molar-refractivity contribution in [2.24, 2.45) is 0 Å². The molecule has 0 spiro atoms. The molecule has 0 bridgehead atoms. The number of halogens is 1. The molecular weight excluding hydrogens is 330 g/mol. The van der Waals surface area contributed by atoms with Crippen molar-refractivity contribution in [3.63, 3.8) is 0 Å². The monoisotopic (exact) mass is 353 g/mol. The lowest BCUT2D eigenvalue weighted by Crippen LogP contribution is -2.21. The number of nitrogens with one attached hydrogen (secondary N) is 1. The third kappa shape index (κ3) is 4.77. The van der Waals surface area contributed by atoms with E-state index in [0.717, 1.165) is 11.1 Å². The normalized spacial score (nSPS) is 11.3. The smallest absolute Gasteiger partial charge is 0.203 e. The third-order valence-electron chi connectivity index (χ3n) is 3.62. The van der Waals surface area contributed by atoms with Gasteiger partial charge in [0.15, 0.2) is 11.5 Å². The maximum atomic E-state index is 10.2. The first kappa shape index (κ1) is 20.1. The molecule has 0 aromatic heterocycles. The topological polar surface area (TPSA) is 60.0 Å². The molecule has 0 saturated carbocycles. The summed E-state index contributed by atoms with van der Waals surface area (Å²) in [5.41, 5.74) is 1.82. The fourth-order valence-electron chi connectivity index (χ4n) is 2.44. The second-order valence-corrected chi connectivity index (χ2v) is 5.05. The molecule has 2 N–H and O–H groups in total. The van der Waals surface area contributed by atoms with Crippen LogP contribution in [0.15, 0.2) is 42.5 Å². The summed E-state index contributed by atoms with van der Waals surface area (Å²) >= 11 is 0. The van der Waals surface area contributed by atoms with Crippen LogP contribution in [-0.2, 0) is 6.54 Å². The summed E-state index contributed by atoms with van der Waals surface area (Å²) in [6.45, 7) is 0.995. The molecule has 2 aromatic rings. The molecule has 5 nitrogen and oxygen atoms in total. The summed E-state index contributed by atoms with van der Waals surface area (Å²) in [6.07, 6.45) is -0.553. The number of ether oxygens (including phenoxy) is 3. The number of benzene rings is 2. The first-order chi connectivity index (χ1) is 11.2. The number of rotatable bonds is 8. The Morgan fingerprint density at radius 1 is 0.917 bits per heavy atom. The highest BCUT2D eigenvalue weighted by Gasteiger charge is 2.15. The van der Waals surface area contributed by atoms with Gasteiger partial charge in [-0.1, -0.05) is 36.4 Å². The Morgan fingerprint density at radius 2 is 1.58 bits per heavy atom. The average Bonchev–Trinajstić information content (AvgIpc) is 2.61. The maximum Gasteiger partial charge on any atom is 0.203 e. The zero-order chi connectivity index (χ0) is 16.7. The zero-order valence-corrected chi connectivity index (χ0v) is 14.9. The summed E-state index contributed by atoms with van der Waals surface area (Å²) < 4.78 is 16.1. The van der Waals surface area contributed by atoms with Gasteiger partial charge in [0.1, 0.15) is 0 Å². The van der Waals surface area contributed by atoms with Crippen molar-refractivity contribution >= 4 is 12.4 Å². The van der Waals surface area contributed by atoms with Crippen molar-refractivity contribution < 1.29 is 19.3 Å². The Kier molecular flexibility index (Phi) is 8.40. The molecular formula is C18H24ClNO4. The van der Waals surface area contributed by atoms with E-state index in [1.54, 1.807) is 21.3 Å². The van der Waals surface area contributed by atoms with E-state index in [-0.39, 0.29) is 12.4 Å². The highest BCUT2D eigenvalue weighted by molar-refractivity contribution is 5.85. The Labute approximate surface area is 149 Å². The van der Waals surface area contributed by atoms with E-state index in [4.69, 9.17) is 14.2 Å². The van der Waals surface area contributed by atoms with Gasteiger partial charge in [-0.15, -0.1) is 12.4 Å². The summed E-state index contributed by atoms with van der Waals surface area (Å²) in [6, 6.07) is 13.3. The first-order valence-electron chi connectivity index (χ1n) is 7.42. The lowest BCUT2D eigenvalue weighted by Gasteiger charge is -2.17. The van der Waals surface area contributed by atoms with E-state index < -0.39 is 6.10 Å². The average molecular weight is 354 g/mol. The molecule has 0 aliphatic carbocycles. The lowest BCUT2D eigenvalue weighted by atomic mass is 10.1. The zero-order valence-electron chi connectivity index (χ0n) is 14.1. The van der Waals surface area contributed by atoms with Crippen LogP contribution >= 0.6 is 12.4 Å². The Morgan fingerprint density at radius 3 is 2.17 bits per heavy atom. The Bertz CT molecular complexity index is 622. The van der Waals surface area contributed by atoms with Crippen LogP contribution in [0.2, 0.25) is 0 Å². The first-order valence-corrected chi connectivity index (χ1v) is 7.42. The highest BCUT2D eigenvalue weighted by Crippen LogP contribution is 2.39. The fourth-order valence-corrected chi connectivity index (χ4v) is 2.44. The van der Waals surface area contributed by atoms with Crippen molar-refractivity contribution in [1.82, 2.24) is 5.32 Å². The number of methoxy groups -OCH3 is 3. The number of hydrogen-bond acceptors (Lipinski definition) is 5. The third-order valence-corrected chi connectivity index (χ3v) is 3.62. The summed E-state index contributed by atoms with van der Waals surface area (Å²) in [7, 11) is 4.77. The van der Waals surface area contributed by atoms with Crippen LogP contribution in [0.1, 0.15) is 17.2 Å². The molecule has 0 aliphatic heterocycles. The molecule has 0 heterocycles. The van der Waals surface area contributed by atoms with E-state index in [0.29, 0.717) is 30.3 Å². The lowest BCUT2D eigenvalue weighted by molar-refractivity contribution is 0.174. The van der Waals surface area contributed by atoms with Crippen LogP contribution in [0, 0.1) is 0 Å². The van der Waals surface area contributed by atoms with E-state index in [9.17, 15) is 5.11 Å². The van der Waals surface area contributed by atoms with Gasteiger partial charge in [-0.2, -0.15) is 0 Å². The van der Waals surface area contributed by atoms with E-state index in [2.05, 4.69) is 5.32 Å². The number of aliphatic hydroxyl groups excluding tert-OH is 1. The minimum Gasteiger partial charge on any atom is -0.493 e. The van der Waals surface area contributed by atoms with E-state index in [1.807, 2.05) is 42.5 Å². The molecule has 0 aliphatic rings. The summed E-state index contributed by atoms with van der Waals surface area (Å²) in [5.74, 6) is 1.82. The van der Waals surface area contributed by atoms with Crippen molar-refractivity contribution in [3.8, 4) is 17.2 Å². The molecule has 0 radical (unpaired) electrons. The quantitative estimate of drug-likeness (QED) is 0.764. The second-order valence-electron chi connectivity index (χ2n) is 5.05. The summed E-state index contributed by atoms with van der Waals surface area (Å²) in [5, 5.41) is 13.4.